The molecule has 1 fully saturated rings. The van der Waals surface area contributed by atoms with Crippen molar-refractivity contribution in [3.63, 3.8) is 0 Å². The number of aromatic nitrogens is 6. The van der Waals surface area contributed by atoms with Gasteiger partial charge in [0, 0.05) is 41.8 Å². The molecule has 3 aromatic rings. The summed E-state index contributed by atoms with van der Waals surface area (Å²) in [5.41, 5.74) is 8.91. The molecule has 12 nitrogen and oxygen atoms in total. The molecule has 15 heteroatoms. The van der Waals surface area contributed by atoms with Crippen molar-refractivity contribution in [2.45, 2.75) is 64.1 Å². The maximum atomic E-state index is 13.8. The molecule has 216 valence electrons. The maximum Gasteiger partial charge on any atom is 0.240 e. The van der Waals surface area contributed by atoms with E-state index in [4.69, 9.17) is 28.9 Å². The second-order valence-corrected chi connectivity index (χ2v) is 12.0. The van der Waals surface area contributed by atoms with Crippen LogP contribution in [0.3, 0.4) is 0 Å². The van der Waals surface area contributed by atoms with Gasteiger partial charge in [0.25, 0.3) is 0 Å². The number of carbonyl (C=O) groups excluding carboxylic acids is 2. The molecule has 1 aromatic carbocycles. The summed E-state index contributed by atoms with van der Waals surface area (Å²) in [6, 6.07) is 4.02. The van der Waals surface area contributed by atoms with Crippen LogP contribution in [-0.4, -0.2) is 90.2 Å². The lowest BCUT2D eigenvalue weighted by molar-refractivity contribution is -0.148. The number of tetrazole rings is 1. The largest absolute Gasteiger partial charge is 0.360 e. The van der Waals surface area contributed by atoms with Gasteiger partial charge in [-0.1, -0.05) is 59.7 Å². The first kappa shape index (κ1) is 30.1. The first-order valence-corrected chi connectivity index (χ1v) is 14.9. The molecule has 3 atom stereocenters. The number of anilines is 1. The Morgan fingerprint density at radius 2 is 2.00 bits per heavy atom. The predicted octanol–water partition coefficient (Wildman–Crippen LogP) is 2.82. The van der Waals surface area contributed by atoms with E-state index in [2.05, 4.69) is 50.0 Å². The van der Waals surface area contributed by atoms with Gasteiger partial charge in [-0.05, 0) is 49.3 Å². The number of carbonyl (C=O) groups is 2. The van der Waals surface area contributed by atoms with Gasteiger partial charge >= 0.3 is 0 Å². The third-order valence-corrected chi connectivity index (χ3v) is 8.10. The number of nitrogens with two attached hydrogens (primary N) is 1. The van der Waals surface area contributed by atoms with E-state index in [1.807, 2.05) is 9.80 Å². The summed E-state index contributed by atoms with van der Waals surface area (Å²) in [4.78, 5) is 31.0. The Balaban J connectivity index is 1.51. The summed E-state index contributed by atoms with van der Waals surface area (Å²) < 4.78 is 0. The maximum absolute atomic E-state index is 13.8. The summed E-state index contributed by atoms with van der Waals surface area (Å²) >= 11 is 13.8. The van der Waals surface area contributed by atoms with Gasteiger partial charge in [0.2, 0.25) is 16.9 Å². The van der Waals surface area contributed by atoms with Crippen LogP contribution >= 0.6 is 34.5 Å². The number of aromatic amines is 1. The molecule has 1 saturated heterocycles. The molecule has 40 heavy (non-hydrogen) atoms. The first-order chi connectivity index (χ1) is 19.2. The van der Waals surface area contributed by atoms with Crippen LogP contribution in [0.2, 0.25) is 10.0 Å². The molecule has 0 bridgehead atoms. The van der Waals surface area contributed by atoms with Gasteiger partial charge in [-0.2, -0.15) is 5.21 Å². The third kappa shape index (κ3) is 8.09. The molecule has 4 N–H and O–H groups in total. The van der Waals surface area contributed by atoms with E-state index in [0.717, 1.165) is 23.5 Å². The van der Waals surface area contributed by atoms with E-state index in [-0.39, 0.29) is 36.7 Å². The summed E-state index contributed by atoms with van der Waals surface area (Å²) in [6.45, 7) is 5.66. The van der Waals surface area contributed by atoms with E-state index < -0.39 is 6.04 Å². The van der Waals surface area contributed by atoms with Crippen molar-refractivity contribution >= 4 is 51.5 Å². The SMILES string of the molecule is CC(C)C[C@@H]1CN(C(=O)[C@H](N)Cc2ccc(Cl)cc2Cl)[C@@H](CCCNc2nncs2)CN1C(=O)Cc1nn[nH]n1. The highest BCUT2D eigenvalue weighted by atomic mass is 35.5. The van der Waals surface area contributed by atoms with Gasteiger partial charge in [-0.15, -0.1) is 20.4 Å². The van der Waals surface area contributed by atoms with Crippen molar-refractivity contribution in [1.82, 2.24) is 40.6 Å². The lowest BCUT2D eigenvalue weighted by atomic mass is 9.94. The van der Waals surface area contributed by atoms with Crippen LogP contribution in [-0.2, 0) is 22.4 Å². The highest BCUT2D eigenvalue weighted by molar-refractivity contribution is 7.13. The van der Waals surface area contributed by atoms with E-state index in [0.29, 0.717) is 47.8 Å². The Morgan fingerprint density at radius 1 is 1.20 bits per heavy atom. The minimum absolute atomic E-state index is 0.0406. The lowest BCUT2D eigenvalue weighted by Crippen LogP contribution is -2.64. The van der Waals surface area contributed by atoms with E-state index in [1.165, 1.54) is 11.3 Å². The normalized spacial score (nSPS) is 18.2. The van der Waals surface area contributed by atoms with Crippen LogP contribution in [0.5, 0.6) is 0 Å². The molecule has 4 rings (SSSR count). The molecular weight excluding hydrogens is 575 g/mol. The monoisotopic (exact) mass is 608 g/mol. The summed E-state index contributed by atoms with van der Waals surface area (Å²) in [7, 11) is 0. The Morgan fingerprint density at radius 3 is 2.67 bits per heavy atom. The number of hydrogen-bond acceptors (Lipinski definition) is 10. The molecule has 0 aliphatic carbocycles. The molecule has 0 radical (unpaired) electrons. The molecule has 2 aromatic heterocycles. The fourth-order valence-corrected chi connectivity index (χ4v) is 5.98. The molecule has 2 amide bonds. The zero-order valence-electron chi connectivity index (χ0n) is 22.5. The third-order valence-electron chi connectivity index (χ3n) is 6.86. The average Bonchev–Trinajstić information content (AvgIpc) is 3.62. The van der Waals surface area contributed by atoms with Gasteiger partial charge in [0.15, 0.2) is 5.82 Å². The smallest absolute Gasteiger partial charge is 0.240 e. The molecular formula is C25H34Cl2N10O2S. The number of nitrogens with zero attached hydrogens (tertiary/aromatic N) is 7. The van der Waals surface area contributed by atoms with Crippen molar-refractivity contribution in [3.8, 4) is 0 Å². The Labute approximate surface area is 247 Å². The van der Waals surface area contributed by atoms with Crippen LogP contribution in [0, 0.1) is 5.92 Å². The van der Waals surface area contributed by atoms with Crippen molar-refractivity contribution in [3.05, 3.63) is 45.1 Å². The predicted molar refractivity (Wildman–Crippen MR) is 154 cm³/mol. The second-order valence-electron chi connectivity index (χ2n) is 10.3. The fraction of sp³-hybridized carbons (Fsp3) is 0.560. The van der Waals surface area contributed by atoms with Crippen LogP contribution in [0.1, 0.15) is 44.5 Å². The number of benzene rings is 1. The van der Waals surface area contributed by atoms with Gasteiger partial charge in [0.1, 0.15) is 5.51 Å². The topological polar surface area (TPSA) is 159 Å². The minimum Gasteiger partial charge on any atom is -0.360 e. The van der Waals surface area contributed by atoms with Crippen molar-refractivity contribution in [1.29, 1.82) is 0 Å². The zero-order chi connectivity index (χ0) is 28.6. The van der Waals surface area contributed by atoms with Crippen molar-refractivity contribution in [2.75, 3.05) is 25.0 Å². The van der Waals surface area contributed by atoms with Gasteiger partial charge < -0.3 is 20.9 Å². The molecule has 1 aliphatic rings. The number of H-pyrrole nitrogens is 1. The highest BCUT2D eigenvalue weighted by Crippen LogP contribution is 2.27. The molecule has 0 saturated carbocycles. The summed E-state index contributed by atoms with van der Waals surface area (Å²) in [5, 5.41) is 26.7. The summed E-state index contributed by atoms with van der Waals surface area (Å²) in [6.07, 6.45) is 2.50. The van der Waals surface area contributed by atoms with Crippen LogP contribution < -0.4 is 11.1 Å². The quantitative estimate of drug-likeness (QED) is 0.263. The number of nitrogens with one attached hydrogen (secondary N) is 2. The number of piperazine rings is 1. The first-order valence-electron chi connectivity index (χ1n) is 13.2. The number of rotatable bonds is 12. The fourth-order valence-electron chi connectivity index (χ4n) is 5.02. The van der Waals surface area contributed by atoms with E-state index >= 15 is 0 Å². The summed E-state index contributed by atoms with van der Waals surface area (Å²) in [5.74, 6) is 0.406. The minimum atomic E-state index is -0.790. The molecule has 0 spiro atoms. The number of halogens is 2. The van der Waals surface area contributed by atoms with Gasteiger partial charge in [-0.25, -0.2) is 0 Å². The molecule has 0 unspecified atom stereocenters. The van der Waals surface area contributed by atoms with Gasteiger partial charge in [0.05, 0.1) is 12.5 Å². The number of hydrogen-bond donors (Lipinski definition) is 3. The Hall–Kier alpha value is -2.87. The van der Waals surface area contributed by atoms with Crippen molar-refractivity contribution in [2.24, 2.45) is 11.7 Å². The van der Waals surface area contributed by atoms with E-state index in [9.17, 15) is 9.59 Å². The Bertz CT molecular complexity index is 1240. The van der Waals surface area contributed by atoms with E-state index in [1.54, 1.807) is 23.7 Å². The van der Waals surface area contributed by atoms with Crippen LogP contribution in [0.25, 0.3) is 0 Å². The molecule has 3 heterocycles. The second kappa shape index (κ2) is 14.2. The lowest BCUT2D eigenvalue weighted by Gasteiger charge is -2.47. The Kier molecular flexibility index (Phi) is 10.6. The van der Waals surface area contributed by atoms with Crippen molar-refractivity contribution < 1.29 is 9.59 Å². The number of amides is 2. The van der Waals surface area contributed by atoms with Crippen LogP contribution in [0.15, 0.2) is 23.7 Å². The molecule has 1 aliphatic heterocycles. The highest BCUT2D eigenvalue weighted by Gasteiger charge is 2.40. The van der Waals surface area contributed by atoms with Gasteiger partial charge in [-0.3, -0.25) is 9.59 Å². The zero-order valence-corrected chi connectivity index (χ0v) is 24.8. The standard InChI is InChI=1S/C25H34Cl2N10O2S/c1-15(2)8-19-13-37(24(39)21(28)9-16-5-6-17(26)10-20(16)27)18(4-3-7-29-25-33-30-14-40-25)12-36(19)23(38)11-22-31-34-35-32-22/h5-6,10,14-15,18-19,21H,3-4,7-9,11-13,28H2,1-2H3,(H,29,33)(H,31,32,34,35)/t18-,19+,21+/m0/s1. The van der Waals surface area contributed by atoms with Crippen LogP contribution in [0.4, 0.5) is 5.13 Å². The average molecular weight is 610 g/mol.